The predicted octanol–water partition coefficient (Wildman–Crippen LogP) is 4.11. The van der Waals surface area contributed by atoms with Crippen LogP contribution in [0.3, 0.4) is 0 Å². The Balaban J connectivity index is 1.16. The minimum absolute atomic E-state index is 0.0134. The number of pyridine rings is 1. The van der Waals surface area contributed by atoms with Crippen LogP contribution in [0, 0.1) is 11.8 Å². The van der Waals surface area contributed by atoms with Gasteiger partial charge in [-0.3, -0.25) is 14.6 Å². The van der Waals surface area contributed by atoms with Gasteiger partial charge in [0, 0.05) is 24.0 Å². The summed E-state index contributed by atoms with van der Waals surface area (Å²) in [5.74, 6) is 1.80. The Hall–Kier alpha value is -3.65. The average molecular weight is 475 g/mol. The van der Waals surface area contributed by atoms with Gasteiger partial charge in [0.05, 0.1) is 24.0 Å². The fourth-order valence-electron chi connectivity index (χ4n) is 4.97. The zero-order valence-corrected chi connectivity index (χ0v) is 19.8. The van der Waals surface area contributed by atoms with Gasteiger partial charge in [0.25, 0.3) is 5.91 Å². The van der Waals surface area contributed by atoms with Crippen LogP contribution in [-0.2, 0) is 16.1 Å². The van der Waals surface area contributed by atoms with E-state index in [2.05, 4.69) is 20.9 Å². The van der Waals surface area contributed by atoms with Crippen LogP contribution in [0.5, 0.6) is 11.5 Å². The minimum atomic E-state index is -0.131. The largest absolute Gasteiger partial charge is 0.497 e. The molecule has 5 rings (SSSR count). The van der Waals surface area contributed by atoms with Crippen LogP contribution in [0.4, 0.5) is 11.4 Å². The number of amides is 2. The van der Waals surface area contributed by atoms with Crippen molar-refractivity contribution in [2.24, 2.45) is 11.8 Å². The Morgan fingerprint density at radius 3 is 3.00 bits per heavy atom. The molecule has 1 aliphatic carbocycles. The zero-order valence-electron chi connectivity index (χ0n) is 19.8. The quantitative estimate of drug-likeness (QED) is 0.476. The highest BCUT2D eigenvalue weighted by atomic mass is 16.5. The lowest BCUT2D eigenvalue weighted by Crippen LogP contribution is -2.32. The molecule has 3 N–H and O–H groups in total. The highest BCUT2D eigenvalue weighted by Crippen LogP contribution is 2.32. The molecule has 1 fully saturated rings. The number of nitrogens with zero attached hydrogens (tertiary/aromatic N) is 1. The second-order valence-corrected chi connectivity index (χ2v) is 9.26. The summed E-state index contributed by atoms with van der Waals surface area (Å²) in [5.41, 5.74) is 3.39. The molecule has 1 saturated carbocycles. The predicted molar refractivity (Wildman–Crippen MR) is 135 cm³/mol. The zero-order chi connectivity index (χ0) is 24.2. The number of carbonyl (C=O) groups is 2. The monoisotopic (exact) mass is 474 g/mol. The maximum absolute atomic E-state index is 13.1. The van der Waals surface area contributed by atoms with Gasteiger partial charge in [0.2, 0.25) is 5.91 Å². The normalized spacial score (nSPS) is 19.4. The number of aromatic nitrogens is 1. The molecule has 35 heavy (non-hydrogen) atoms. The summed E-state index contributed by atoms with van der Waals surface area (Å²) in [7, 11) is 1.63. The van der Waals surface area contributed by atoms with Crippen LogP contribution in [0.1, 0.15) is 31.2 Å². The number of fused-ring (bicyclic) bond motifs is 2. The number of hydrogen-bond acceptors (Lipinski definition) is 6. The Bertz CT molecular complexity index is 1250. The van der Waals surface area contributed by atoms with Gasteiger partial charge in [-0.15, -0.1) is 0 Å². The van der Waals surface area contributed by atoms with E-state index in [0.717, 1.165) is 65.8 Å². The van der Waals surface area contributed by atoms with Gasteiger partial charge >= 0.3 is 0 Å². The van der Waals surface area contributed by atoms with E-state index in [1.165, 1.54) is 0 Å². The molecule has 1 aromatic heterocycles. The summed E-state index contributed by atoms with van der Waals surface area (Å²) in [6, 6.07) is 13.4. The van der Waals surface area contributed by atoms with Crippen molar-refractivity contribution in [3.05, 3.63) is 54.2 Å². The van der Waals surface area contributed by atoms with E-state index in [1.54, 1.807) is 13.3 Å². The number of carbonyl (C=O) groups excluding carboxylic acids is 2. The smallest absolute Gasteiger partial charge is 0.262 e. The van der Waals surface area contributed by atoms with Crippen LogP contribution in [0.25, 0.3) is 10.9 Å². The Kier molecular flexibility index (Phi) is 6.81. The maximum Gasteiger partial charge on any atom is 0.262 e. The van der Waals surface area contributed by atoms with Gasteiger partial charge in [-0.1, -0.05) is 12.5 Å². The van der Waals surface area contributed by atoms with Gasteiger partial charge in [-0.2, -0.15) is 0 Å². The Morgan fingerprint density at radius 2 is 2.11 bits per heavy atom. The van der Waals surface area contributed by atoms with Crippen molar-refractivity contribution in [1.82, 2.24) is 10.3 Å². The molecule has 0 radical (unpaired) electrons. The molecule has 3 aromatic rings. The van der Waals surface area contributed by atoms with Crippen molar-refractivity contribution in [2.75, 3.05) is 30.9 Å². The van der Waals surface area contributed by atoms with E-state index in [-0.39, 0.29) is 24.3 Å². The molecule has 2 amide bonds. The first kappa shape index (κ1) is 23.1. The first-order valence-corrected chi connectivity index (χ1v) is 12.1. The van der Waals surface area contributed by atoms with Crippen molar-refractivity contribution < 1.29 is 19.1 Å². The molecule has 2 atom stereocenters. The SMILES string of the molecule is COc1ccc2nccc(NC(=O)C3CCCC(CNCc4ccc5c(c4)NC(=O)CO5)C3)c2c1. The molecular formula is C27H30N4O4. The second-order valence-electron chi connectivity index (χ2n) is 9.26. The third kappa shape index (κ3) is 5.38. The number of nitrogens with one attached hydrogen (secondary N) is 3. The fraction of sp³-hybridized carbons (Fsp3) is 0.370. The highest BCUT2D eigenvalue weighted by molar-refractivity contribution is 6.02. The van der Waals surface area contributed by atoms with Crippen molar-refractivity contribution >= 4 is 34.1 Å². The molecule has 0 bridgehead atoms. The summed E-state index contributed by atoms with van der Waals surface area (Å²) >= 11 is 0. The van der Waals surface area contributed by atoms with E-state index < -0.39 is 0 Å². The summed E-state index contributed by atoms with van der Waals surface area (Å²) in [6.45, 7) is 1.60. The molecule has 182 valence electrons. The third-order valence-electron chi connectivity index (χ3n) is 6.80. The van der Waals surface area contributed by atoms with Gasteiger partial charge in [0.15, 0.2) is 6.61 Å². The maximum atomic E-state index is 13.1. The van der Waals surface area contributed by atoms with Gasteiger partial charge < -0.3 is 25.4 Å². The van der Waals surface area contributed by atoms with Crippen LogP contribution >= 0.6 is 0 Å². The topological polar surface area (TPSA) is 102 Å². The minimum Gasteiger partial charge on any atom is -0.497 e. The van der Waals surface area contributed by atoms with E-state index >= 15 is 0 Å². The van der Waals surface area contributed by atoms with Crippen molar-refractivity contribution in [3.8, 4) is 11.5 Å². The van der Waals surface area contributed by atoms with Crippen LogP contribution in [0.15, 0.2) is 48.7 Å². The molecule has 2 aromatic carbocycles. The van der Waals surface area contributed by atoms with E-state index in [9.17, 15) is 9.59 Å². The first-order chi connectivity index (χ1) is 17.1. The summed E-state index contributed by atoms with van der Waals surface area (Å²) in [4.78, 5) is 29.1. The average Bonchev–Trinajstić information content (AvgIpc) is 2.88. The summed E-state index contributed by atoms with van der Waals surface area (Å²) in [5, 5.41) is 10.4. The number of anilines is 2. The number of benzene rings is 2. The van der Waals surface area contributed by atoms with Crippen LogP contribution in [-0.4, -0.2) is 37.1 Å². The van der Waals surface area contributed by atoms with E-state index in [1.807, 2.05) is 42.5 Å². The molecule has 8 nitrogen and oxygen atoms in total. The molecule has 1 aliphatic heterocycles. The number of rotatable bonds is 7. The van der Waals surface area contributed by atoms with Gasteiger partial charge in [-0.25, -0.2) is 0 Å². The molecular weight excluding hydrogens is 444 g/mol. The fourth-order valence-corrected chi connectivity index (χ4v) is 4.97. The van der Waals surface area contributed by atoms with Crippen molar-refractivity contribution in [1.29, 1.82) is 0 Å². The third-order valence-corrected chi connectivity index (χ3v) is 6.80. The van der Waals surface area contributed by atoms with Gasteiger partial charge in [0.1, 0.15) is 11.5 Å². The van der Waals surface area contributed by atoms with Crippen LogP contribution in [0.2, 0.25) is 0 Å². The lowest BCUT2D eigenvalue weighted by Gasteiger charge is -2.29. The van der Waals surface area contributed by atoms with E-state index in [0.29, 0.717) is 18.2 Å². The Morgan fingerprint density at radius 1 is 1.20 bits per heavy atom. The molecule has 0 saturated heterocycles. The molecule has 8 heteroatoms. The van der Waals surface area contributed by atoms with Crippen molar-refractivity contribution in [3.63, 3.8) is 0 Å². The molecule has 0 spiro atoms. The summed E-state index contributed by atoms with van der Waals surface area (Å²) < 4.78 is 10.8. The molecule has 2 unspecified atom stereocenters. The number of methoxy groups -OCH3 is 1. The Labute approximate surface area is 204 Å². The highest BCUT2D eigenvalue weighted by Gasteiger charge is 2.27. The number of ether oxygens (including phenoxy) is 2. The van der Waals surface area contributed by atoms with Crippen LogP contribution < -0.4 is 25.4 Å². The lowest BCUT2D eigenvalue weighted by atomic mass is 9.81. The van der Waals surface area contributed by atoms with Crippen molar-refractivity contribution in [2.45, 2.75) is 32.2 Å². The standard InChI is InChI=1S/C27H30N4O4/c1-34-20-6-7-22-21(13-20)23(9-10-29-22)31-27(33)19-4-2-3-17(11-19)14-28-15-18-5-8-25-24(12-18)30-26(32)16-35-25/h5-10,12-13,17,19,28H,2-4,11,14-16H2,1H3,(H,30,32)(H,29,31,33). The molecule has 2 heterocycles. The lowest BCUT2D eigenvalue weighted by molar-refractivity contribution is -0.121. The van der Waals surface area contributed by atoms with E-state index in [4.69, 9.17) is 9.47 Å². The number of hydrogen-bond donors (Lipinski definition) is 3. The first-order valence-electron chi connectivity index (χ1n) is 12.1. The summed E-state index contributed by atoms with van der Waals surface area (Å²) in [6.07, 6.45) is 5.63. The second kappa shape index (κ2) is 10.3. The van der Waals surface area contributed by atoms with Gasteiger partial charge in [-0.05, 0) is 73.7 Å². The molecule has 2 aliphatic rings.